The topological polar surface area (TPSA) is 85.3 Å². The Balaban J connectivity index is 1.63. The molecule has 0 aliphatic carbocycles. The molecule has 44 heavy (non-hydrogen) atoms. The van der Waals surface area contributed by atoms with E-state index >= 15 is 0 Å². The van der Waals surface area contributed by atoms with Crippen LogP contribution >= 0.6 is 0 Å². The zero-order valence-corrected chi connectivity index (χ0v) is 25.5. The van der Waals surface area contributed by atoms with E-state index in [2.05, 4.69) is 0 Å². The van der Waals surface area contributed by atoms with E-state index in [1.807, 2.05) is 95.9 Å². The molecule has 7 nitrogen and oxygen atoms in total. The molecule has 228 valence electrons. The van der Waals surface area contributed by atoms with Crippen molar-refractivity contribution in [2.45, 2.75) is 44.6 Å². The summed E-state index contributed by atoms with van der Waals surface area (Å²) in [6, 6.07) is 29.2. The van der Waals surface area contributed by atoms with Crippen molar-refractivity contribution in [1.82, 2.24) is 4.90 Å². The van der Waals surface area contributed by atoms with Gasteiger partial charge in [-0.15, -0.1) is 0 Å². The number of carbonyl (C=O) groups excluding carboxylic acids is 2. The molecule has 1 saturated heterocycles. The first kappa shape index (κ1) is 30.8. The first-order valence-electron chi connectivity index (χ1n) is 15.0. The van der Waals surface area contributed by atoms with Gasteiger partial charge >= 0.3 is 5.97 Å². The number of carbonyl (C=O) groups is 2. The normalized spacial score (nSPS) is 15.1. The number of esters is 1. The predicted molar refractivity (Wildman–Crippen MR) is 170 cm³/mol. The van der Waals surface area contributed by atoms with Crippen molar-refractivity contribution in [2.24, 2.45) is 0 Å². The molecule has 5 rings (SSSR count). The summed E-state index contributed by atoms with van der Waals surface area (Å²) < 4.78 is 16.6. The van der Waals surface area contributed by atoms with Crippen LogP contribution in [0.2, 0.25) is 0 Å². The Labute approximate surface area is 259 Å². The lowest BCUT2D eigenvalue weighted by Gasteiger charge is -2.29. The Kier molecular flexibility index (Phi) is 9.97. The van der Waals surface area contributed by atoms with Crippen molar-refractivity contribution in [3.63, 3.8) is 0 Å². The van der Waals surface area contributed by atoms with E-state index in [9.17, 15) is 14.7 Å². The second kappa shape index (κ2) is 14.2. The molecule has 0 aromatic heterocycles. The third-order valence-electron chi connectivity index (χ3n) is 8.24. The first-order valence-corrected chi connectivity index (χ1v) is 15.0. The third kappa shape index (κ3) is 7.12. The number of methoxy groups -OCH3 is 2. The molecule has 1 amide bonds. The van der Waals surface area contributed by atoms with Crippen molar-refractivity contribution in [3.05, 3.63) is 113 Å². The summed E-state index contributed by atoms with van der Waals surface area (Å²) in [5.74, 6) is 1.12. The highest BCUT2D eigenvalue weighted by Gasteiger charge is 2.34. The van der Waals surface area contributed by atoms with Gasteiger partial charge in [-0.2, -0.15) is 0 Å². The van der Waals surface area contributed by atoms with Crippen molar-refractivity contribution in [1.29, 1.82) is 0 Å². The van der Waals surface area contributed by atoms with Crippen LogP contribution in [0.25, 0.3) is 11.1 Å². The maximum absolute atomic E-state index is 14.1. The van der Waals surface area contributed by atoms with Gasteiger partial charge in [0.05, 0.1) is 32.8 Å². The van der Waals surface area contributed by atoms with E-state index in [0.717, 1.165) is 57.7 Å². The summed E-state index contributed by atoms with van der Waals surface area (Å²) in [6.45, 7) is 2.00. The van der Waals surface area contributed by atoms with Crippen molar-refractivity contribution in [2.75, 3.05) is 27.4 Å². The van der Waals surface area contributed by atoms with Crippen LogP contribution in [0.5, 0.6) is 17.2 Å². The fourth-order valence-electron chi connectivity index (χ4n) is 6.00. The third-order valence-corrected chi connectivity index (χ3v) is 8.24. The van der Waals surface area contributed by atoms with Crippen molar-refractivity contribution in [3.8, 4) is 28.4 Å². The van der Waals surface area contributed by atoms with Gasteiger partial charge in [0.2, 0.25) is 5.91 Å². The Bertz CT molecular complexity index is 1570. The lowest BCUT2D eigenvalue weighted by molar-refractivity contribution is -0.134. The average Bonchev–Trinajstić information content (AvgIpc) is 3.54. The number of benzene rings is 4. The van der Waals surface area contributed by atoms with E-state index in [0.29, 0.717) is 25.1 Å². The van der Waals surface area contributed by atoms with E-state index in [1.54, 1.807) is 14.2 Å². The second-order valence-corrected chi connectivity index (χ2v) is 11.2. The number of amides is 1. The maximum Gasteiger partial charge on any atom is 0.308 e. The molecular weight excluding hydrogens is 554 g/mol. The fraction of sp³-hybridized carbons (Fsp3) is 0.297. The summed E-state index contributed by atoms with van der Waals surface area (Å²) in [4.78, 5) is 28.4. The van der Waals surface area contributed by atoms with Crippen LogP contribution in [0.15, 0.2) is 91.0 Å². The van der Waals surface area contributed by atoms with E-state index < -0.39 is 11.9 Å². The number of ether oxygens (including phenoxy) is 3. The monoisotopic (exact) mass is 593 g/mol. The minimum Gasteiger partial charge on any atom is -0.497 e. The molecule has 1 unspecified atom stereocenters. The zero-order valence-electron chi connectivity index (χ0n) is 25.5. The highest BCUT2D eigenvalue weighted by molar-refractivity contribution is 5.85. The Hall–Kier alpha value is -4.62. The second-order valence-electron chi connectivity index (χ2n) is 11.2. The molecule has 2 atom stereocenters. The van der Waals surface area contributed by atoms with Crippen LogP contribution < -0.4 is 14.2 Å². The smallest absolute Gasteiger partial charge is 0.308 e. The summed E-state index contributed by atoms with van der Waals surface area (Å²) in [5.41, 5.74) is 5.35. The fourth-order valence-corrected chi connectivity index (χ4v) is 6.00. The molecule has 0 spiro atoms. The summed E-state index contributed by atoms with van der Waals surface area (Å²) in [5, 5.41) is 9.99. The molecule has 1 fully saturated rings. The molecule has 1 heterocycles. The number of likely N-dealkylation sites (tertiary alicyclic amines) is 1. The van der Waals surface area contributed by atoms with Crippen LogP contribution in [0.4, 0.5) is 0 Å². The minimum absolute atomic E-state index is 0.0134. The Morgan fingerprint density at radius 3 is 2.16 bits per heavy atom. The van der Waals surface area contributed by atoms with Crippen LogP contribution in [0, 0.1) is 0 Å². The SMILES string of the molecule is COc1ccc(Cc2cc(CC(C(=O)N3CCC[C@H]3CO)c3ccccc3)cc(-c3ccc(OC)cc3)c2OC(C)=O)cc1. The van der Waals surface area contributed by atoms with E-state index in [4.69, 9.17) is 14.2 Å². The van der Waals surface area contributed by atoms with Crippen LogP contribution in [-0.2, 0) is 22.4 Å². The molecule has 4 aromatic rings. The van der Waals surface area contributed by atoms with Crippen LogP contribution in [0.1, 0.15) is 47.9 Å². The predicted octanol–water partition coefficient (Wildman–Crippen LogP) is 6.20. The molecule has 1 aliphatic heterocycles. The number of hydrogen-bond acceptors (Lipinski definition) is 6. The first-order chi connectivity index (χ1) is 21.4. The lowest BCUT2D eigenvalue weighted by Crippen LogP contribution is -2.41. The molecule has 1 aliphatic rings. The summed E-state index contributed by atoms with van der Waals surface area (Å²) in [7, 11) is 3.25. The standard InChI is InChI=1S/C37H39NO6/c1-25(40)44-36-30(20-26-11-15-32(42-2)16-12-26)21-27(22-34(36)29-13-17-33(43-3)18-14-29)23-35(28-8-5-4-6-9-28)37(41)38-19-7-10-31(38)24-39/h4-6,8-9,11-18,21-22,31,35,39H,7,10,19-20,23-24H2,1-3H3/t31-,35?/m0/s1. The lowest BCUT2D eigenvalue weighted by atomic mass is 9.87. The summed E-state index contributed by atoms with van der Waals surface area (Å²) in [6.07, 6.45) is 2.63. The van der Waals surface area contributed by atoms with E-state index in [-0.39, 0.29) is 18.6 Å². The van der Waals surface area contributed by atoms with Crippen LogP contribution in [-0.4, -0.2) is 55.3 Å². The number of hydrogen-bond donors (Lipinski definition) is 1. The quantitative estimate of drug-likeness (QED) is 0.165. The van der Waals surface area contributed by atoms with Gasteiger partial charge in [0.1, 0.15) is 17.2 Å². The summed E-state index contributed by atoms with van der Waals surface area (Å²) >= 11 is 0. The number of aliphatic hydroxyl groups excluding tert-OH is 1. The average molecular weight is 594 g/mol. The van der Waals surface area contributed by atoms with Gasteiger partial charge in [-0.05, 0) is 71.8 Å². The van der Waals surface area contributed by atoms with Gasteiger partial charge in [-0.1, -0.05) is 60.7 Å². The zero-order chi connectivity index (χ0) is 31.1. The van der Waals surface area contributed by atoms with Crippen molar-refractivity contribution < 1.29 is 28.9 Å². The van der Waals surface area contributed by atoms with Gasteiger partial charge in [-0.25, -0.2) is 0 Å². The highest BCUT2D eigenvalue weighted by Crippen LogP contribution is 2.39. The molecule has 0 saturated carbocycles. The van der Waals surface area contributed by atoms with Gasteiger partial charge in [0, 0.05) is 31.0 Å². The molecule has 0 bridgehead atoms. The molecular formula is C37H39NO6. The number of aliphatic hydroxyl groups is 1. The minimum atomic E-state index is -0.444. The largest absolute Gasteiger partial charge is 0.497 e. The van der Waals surface area contributed by atoms with Crippen LogP contribution in [0.3, 0.4) is 0 Å². The molecule has 1 N–H and O–H groups in total. The van der Waals surface area contributed by atoms with Crippen molar-refractivity contribution >= 4 is 11.9 Å². The molecule has 4 aromatic carbocycles. The van der Waals surface area contributed by atoms with Gasteiger partial charge in [0.25, 0.3) is 0 Å². The maximum atomic E-state index is 14.1. The Morgan fingerprint density at radius 2 is 1.55 bits per heavy atom. The number of rotatable bonds is 11. The highest BCUT2D eigenvalue weighted by atomic mass is 16.5. The molecule has 7 heteroatoms. The Morgan fingerprint density at radius 1 is 0.886 bits per heavy atom. The molecule has 0 radical (unpaired) electrons. The van der Waals surface area contributed by atoms with Gasteiger partial charge in [0.15, 0.2) is 0 Å². The number of nitrogens with zero attached hydrogens (tertiary/aromatic N) is 1. The van der Waals surface area contributed by atoms with E-state index in [1.165, 1.54) is 6.92 Å². The van der Waals surface area contributed by atoms with Gasteiger partial charge in [-0.3, -0.25) is 9.59 Å². The van der Waals surface area contributed by atoms with Gasteiger partial charge < -0.3 is 24.2 Å².